The molecular weight excluding hydrogens is 503 g/mol. The number of aromatic nitrogens is 2. The topological polar surface area (TPSA) is 101 Å². The Morgan fingerprint density at radius 3 is 2.45 bits per heavy atom. The van der Waals surface area contributed by atoms with Crippen LogP contribution in [0.5, 0.6) is 0 Å². The maximum Gasteiger partial charge on any atom is 0.452 e. The van der Waals surface area contributed by atoms with Gasteiger partial charge in [-0.3, -0.25) is 4.79 Å². The van der Waals surface area contributed by atoms with Crippen LogP contribution in [0.1, 0.15) is 43.4 Å². The van der Waals surface area contributed by atoms with Gasteiger partial charge in [0.25, 0.3) is 5.91 Å². The minimum atomic E-state index is -4.91. The molecule has 12 heteroatoms. The number of nitrogens with zero attached hydrogens (tertiary/aromatic N) is 4. The molecule has 38 heavy (non-hydrogen) atoms. The van der Waals surface area contributed by atoms with E-state index in [0.717, 1.165) is 0 Å². The van der Waals surface area contributed by atoms with E-state index in [9.17, 15) is 22.8 Å². The summed E-state index contributed by atoms with van der Waals surface area (Å²) in [7, 11) is 1.69. The van der Waals surface area contributed by atoms with E-state index in [4.69, 9.17) is 9.15 Å². The minimum absolute atomic E-state index is 0.0715. The number of carbonyl (C=O) groups is 2. The predicted octanol–water partition coefficient (Wildman–Crippen LogP) is 5.45. The predicted molar refractivity (Wildman–Crippen MR) is 134 cm³/mol. The van der Waals surface area contributed by atoms with Crippen molar-refractivity contribution in [2.75, 3.05) is 30.4 Å². The molecule has 3 aromatic rings. The lowest BCUT2D eigenvalue weighted by Crippen LogP contribution is -2.42. The van der Waals surface area contributed by atoms with Gasteiger partial charge in [0.15, 0.2) is 5.69 Å². The molecule has 1 aliphatic rings. The van der Waals surface area contributed by atoms with Crippen LogP contribution in [-0.2, 0) is 10.9 Å². The fourth-order valence-electron chi connectivity index (χ4n) is 3.96. The van der Waals surface area contributed by atoms with E-state index in [1.807, 2.05) is 4.90 Å². The molecule has 0 radical (unpaired) electrons. The summed E-state index contributed by atoms with van der Waals surface area (Å²) in [6.45, 7) is 6.59. The number of alkyl halides is 3. The summed E-state index contributed by atoms with van der Waals surface area (Å²) in [5.74, 6) is -2.25. The molecule has 2 amide bonds. The second kappa shape index (κ2) is 10.3. The highest BCUT2D eigenvalue weighted by atomic mass is 19.4. The first-order chi connectivity index (χ1) is 17.8. The van der Waals surface area contributed by atoms with Gasteiger partial charge in [-0.15, -0.1) is 0 Å². The summed E-state index contributed by atoms with van der Waals surface area (Å²) in [6, 6.07) is 11.1. The van der Waals surface area contributed by atoms with E-state index in [-0.39, 0.29) is 17.6 Å². The van der Waals surface area contributed by atoms with E-state index >= 15 is 0 Å². The van der Waals surface area contributed by atoms with Crippen LogP contribution in [0.25, 0.3) is 11.5 Å². The molecule has 0 saturated carbocycles. The highest BCUT2D eigenvalue weighted by Crippen LogP contribution is 2.35. The summed E-state index contributed by atoms with van der Waals surface area (Å²) >= 11 is 0. The molecule has 2 aromatic heterocycles. The van der Waals surface area contributed by atoms with Gasteiger partial charge in [0, 0.05) is 25.7 Å². The summed E-state index contributed by atoms with van der Waals surface area (Å²) in [5.41, 5.74) is -0.962. The van der Waals surface area contributed by atoms with Crippen LogP contribution < -0.4 is 10.2 Å². The van der Waals surface area contributed by atoms with Gasteiger partial charge < -0.3 is 24.3 Å². The summed E-state index contributed by atoms with van der Waals surface area (Å²) < 4.78 is 51.0. The summed E-state index contributed by atoms with van der Waals surface area (Å²) in [4.78, 5) is 36.8. The Bertz CT molecular complexity index is 1290. The van der Waals surface area contributed by atoms with Gasteiger partial charge >= 0.3 is 12.3 Å². The number of ether oxygens (including phenoxy) is 1. The molecule has 1 saturated heterocycles. The quantitative estimate of drug-likeness (QED) is 0.467. The second-order valence-corrected chi connectivity index (χ2v) is 9.90. The molecule has 202 valence electrons. The fraction of sp³-hybridized carbons (Fsp3) is 0.385. The van der Waals surface area contributed by atoms with Crippen molar-refractivity contribution in [2.24, 2.45) is 0 Å². The van der Waals surface area contributed by atoms with Crippen molar-refractivity contribution in [1.82, 2.24) is 14.9 Å². The Hall–Kier alpha value is -4.09. The van der Waals surface area contributed by atoms with E-state index in [1.165, 1.54) is 24.4 Å². The van der Waals surface area contributed by atoms with E-state index in [2.05, 4.69) is 15.3 Å². The second-order valence-electron chi connectivity index (χ2n) is 9.90. The lowest BCUT2D eigenvalue weighted by molar-refractivity contribution is -0.153. The Balaban J connectivity index is 1.43. The largest absolute Gasteiger partial charge is 0.452 e. The maximum atomic E-state index is 13.6. The van der Waals surface area contributed by atoms with E-state index in [0.29, 0.717) is 30.9 Å². The lowest BCUT2D eigenvalue weighted by atomic mass is 10.2. The molecule has 3 heterocycles. The van der Waals surface area contributed by atoms with Gasteiger partial charge in [0.1, 0.15) is 11.4 Å². The number of rotatable bonds is 5. The third-order valence-corrected chi connectivity index (χ3v) is 5.84. The molecule has 1 unspecified atom stereocenters. The zero-order valence-electron chi connectivity index (χ0n) is 21.4. The number of likely N-dealkylation sites (N-methyl/N-ethyl adjacent to an activating group) is 1. The molecule has 0 bridgehead atoms. The zero-order valence-corrected chi connectivity index (χ0v) is 21.4. The fourth-order valence-corrected chi connectivity index (χ4v) is 3.96. The number of halogens is 3. The molecule has 1 aliphatic heterocycles. The zero-order chi connectivity index (χ0) is 27.7. The van der Waals surface area contributed by atoms with Gasteiger partial charge in [-0.25, -0.2) is 14.8 Å². The smallest absolute Gasteiger partial charge is 0.444 e. The highest BCUT2D eigenvalue weighted by molar-refractivity contribution is 6.04. The Morgan fingerprint density at radius 1 is 1.13 bits per heavy atom. The molecule has 0 spiro atoms. The molecule has 1 atom stereocenters. The number of benzene rings is 1. The number of nitrogens with one attached hydrogen (secondary N) is 1. The van der Waals surface area contributed by atoms with Crippen molar-refractivity contribution >= 4 is 23.5 Å². The van der Waals surface area contributed by atoms with Crippen molar-refractivity contribution in [2.45, 2.75) is 45.0 Å². The standard InChI is InChI=1S/C26H28F3N5O4/c1-25(2,3)38-24(36)33(4)18-12-13-34(15-18)19-11-10-17(14-30-19)31-22(35)20-21(26(27,28)29)37-23(32-20)16-8-6-5-7-9-16/h5-11,14,18H,12-13,15H2,1-4H3,(H,31,35). The monoisotopic (exact) mass is 531 g/mol. The minimum Gasteiger partial charge on any atom is -0.444 e. The van der Waals surface area contributed by atoms with Gasteiger partial charge in [-0.05, 0) is 51.5 Å². The van der Waals surface area contributed by atoms with Crippen molar-refractivity contribution in [3.63, 3.8) is 0 Å². The SMILES string of the molecule is CN(C(=O)OC(C)(C)C)C1CCN(c2ccc(NC(=O)c3nc(-c4ccccc4)oc3C(F)(F)F)cn2)C1. The average molecular weight is 532 g/mol. The van der Waals surface area contributed by atoms with E-state index in [1.54, 1.807) is 57.0 Å². The van der Waals surface area contributed by atoms with E-state index < -0.39 is 35.2 Å². The molecule has 4 rings (SSSR count). The van der Waals surface area contributed by atoms with Crippen LogP contribution in [0.2, 0.25) is 0 Å². The third-order valence-electron chi connectivity index (χ3n) is 5.84. The van der Waals surface area contributed by atoms with Gasteiger partial charge in [0.2, 0.25) is 11.7 Å². The van der Waals surface area contributed by atoms with Crippen LogP contribution >= 0.6 is 0 Å². The molecule has 1 N–H and O–H groups in total. The first kappa shape index (κ1) is 27.0. The first-order valence-corrected chi connectivity index (χ1v) is 11.9. The normalized spacial score (nSPS) is 15.9. The number of hydrogen-bond acceptors (Lipinski definition) is 7. The Labute approximate surface area is 217 Å². The lowest BCUT2D eigenvalue weighted by Gasteiger charge is -2.28. The summed E-state index contributed by atoms with van der Waals surface area (Å²) in [5, 5.41) is 2.41. The van der Waals surface area contributed by atoms with Crippen LogP contribution in [0.4, 0.5) is 29.5 Å². The Kier molecular flexibility index (Phi) is 7.34. The highest BCUT2D eigenvalue weighted by Gasteiger charge is 2.42. The van der Waals surface area contributed by atoms with Gasteiger partial charge in [0.05, 0.1) is 17.9 Å². The number of amides is 2. The number of anilines is 2. The number of carbonyl (C=O) groups excluding carboxylic acids is 2. The van der Waals surface area contributed by atoms with Gasteiger partial charge in [-0.1, -0.05) is 18.2 Å². The van der Waals surface area contributed by atoms with Crippen molar-refractivity contribution in [1.29, 1.82) is 0 Å². The Morgan fingerprint density at radius 2 is 1.84 bits per heavy atom. The third kappa shape index (κ3) is 6.24. The average Bonchev–Trinajstić information content (AvgIpc) is 3.52. The van der Waals surface area contributed by atoms with Crippen molar-refractivity contribution in [3.05, 3.63) is 60.1 Å². The molecular formula is C26H28F3N5O4. The van der Waals surface area contributed by atoms with Crippen LogP contribution in [-0.4, -0.2) is 58.6 Å². The molecule has 9 nitrogen and oxygen atoms in total. The van der Waals surface area contributed by atoms with Crippen LogP contribution in [0.15, 0.2) is 53.1 Å². The number of pyridine rings is 1. The molecule has 1 fully saturated rings. The number of hydrogen-bond donors (Lipinski definition) is 1. The van der Waals surface area contributed by atoms with Crippen molar-refractivity contribution < 1.29 is 31.9 Å². The van der Waals surface area contributed by atoms with Crippen molar-refractivity contribution in [3.8, 4) is 11.5 Å². The van der Waals surface area contributed by atoms with Gasteiger partial charge in [-0.2, -0.15) is 13.2 Å². The molecule has 1 aromatic carbocycles. The molecule has 0 aliphatic carbocycles. The summed E-state index contributed by atoms with van der Waals surface area (Å²) in [6.07, 6.45) is -3.25. The first-order valence-electron chi connectivity index (χ1n) is 11.9. The number of oxazole rings is 1. The maximum absolute atomic E-state index is 13.6. The van der Waals surface area contributed by atoms with Crippen LogP contribution in [0, 0.1) is 0 Å². The van der Waals surface area contributed by atoms with Crippen LogP contribution in [0.3, 0.4) is 0 Å².